The molecule has 0 fully saturated rings. The number of hydrogen-bond donors (Lipinski definition) is 0. The zero-order chi connectivity index (χ0) is 20.3. The van der Waals surface area contributed by atoms with Gasteiger partial charge in [0.15, 0.2) is 4.80 Å². The van der Waals surface area contributed by atoms with Crippen LogP contribution in [0.3, 0.4) is 0 Å². The molecule has 0 unspecified atom stereocenters. The van der Waals surface area contributed by atoms with E-state index in [2.05, 4.69) is 17.1 Å². The Morgan fingerprint density at radius 2 is 2.00 bits per heavy atom. The minimum Gasteiger partial charge on any atom is -0.380 e. The first-order valence-corrected chi connectivity index (χ1v) is 9.74. The Balaban J connectivity index is 2.09. The lowest BCUT2D eigenvalue weighted by molar-refractivity contribution is -0.384. The van der Waals surface area contributed by atoms with Crippen molar-refractivity contribution in [2.45, 2.75) is 27.3 Å². The molecule has 3 aromatic rings. The third kappa shape index (κ3) is 4.18. The van der Waals surface area contributed by atoms with Crippen molar-refractivity contribution >= 4 is 33.1 Å². The summed E-state index contributed by atoms with van der Waals surface area (Å²) in [5, 5.41) is 11.0. The Bertz CT molecular complexity index is 1110. The van der Waals surface area contributed by atoms with Gasteiger partial charge >= 0.3 is 0 Å². The van der Waals surface area contributed by atoms with Crippen molar-refractivity contribution in [3.63, 3.8) is 0 Å². The molecule has 0 aliphatic rings. The van der Waals surface area contributed by atoms with Crippen LogP contribution in [0.15, 0.2) is 41.4 Å². The van der Waals surface area contributed by atoms with E-state index in [0.29, 0.717) is 24.6 Å². The number of amides is 1. The molecular weight excluding hydrogens is 378 g/mol. The fourth-order valence-corrected chi connectivity index (χ4v) is 3.96. The number of carbonyl (C=O) groups excluding carboxylic acids is 1. The van der Waals surface area contributed by atoms with Gasteiger partial charge in [-0.2, -0.15) is 4.99 Å². The minimum absolute atomic E-state index is 0.132. The summed E-state index contributed by atoms with van der Waals surface area (Å²) >= 11 is 1.42. The van der Waals surface area contributed by atoms with E-state index in [4.69, 9.17) is 4.74 Å². The van der Waals surface area contributed by atoms with Crippen LogP contribution in [0, 0.1) is 24.0 Å². The molecule has 1 aromatic heterocycles. The van der Waals surface area contributed by atoms with Crippen LogP contribution in [0.1, 0.15) is 28.4 Å². The van der Waals surface area contributed by atoms with Crippen LogP contribution in [0.5, 0.6) is 0 Å². The minimum atomic E-state index is -0.524. The van der Waals surface area contributed by atoms with Crippen molar-refractivity contribution in [3.05, 3.63) is 68.0 Å². The molecule has 2 aromatic carbocycles. The average Bonchev–Trinajstić information content (AvgIpc) is 2.98. The third-order valence-electron chi connectivity index (χ3n) is 4.46. The molecule has 3 rings (SSSR count). The number of aryl methyl sites for hydroxylation is 2. The van der Waals surface area contributed by atoms with Crippen LogP contribution in [-0.4, -0.2) is 28.6 Å². The number of nitro benzene ring substituents is 1. The summed E-state index contributed by atoms with van der Waals surface area (Å²) in [5.74, 6) is -0.506. The average molecular weight is 399 g/mol. The van der Waals surface area contributed by atoms with Crippen LogP contribution in [-0.2, 0) is 11.3 Å². The van der Waals surface area contributed by atoms with Gasteiger partial charge < -0.3 is 9.30 Å². The lowest BCUT2D eigenvalue weighted by Gasteiger charge is -2.07. The summed E-state index contributed by atoms with van der Waals surface area (Å²) in [6.07, 6.45) is 0. The second kappa shape index (κ2) is 8.45. The number of benzene rings is 2. The van der Waals surface area contributed by atoms with Crippen LogP contribution in [0.4, 0.5) is 5.69 Å². The van der Waals surface area contributed by atoms with E-state index >= 15 is 0 Å². The predicted octanol–water partition coefficient (Wildman–Crippen LogP) is 4.01. The fraction of sp³-hybridized carbons (Fsp3) is 0.300. The highest BCUT2D eigenvalue weighted by Gasteiger charge is 2.13. The number of nitro groups is 1. The van der Waals surface area contributed by atoms with Gasteiger partial charge in [0.1, 0.15) is 0 Å². The summed E-state index contributed by atoms with van der Waals surface area (Å²) in [4.78, 5) is 27.9. The van der Waals surface area contributed by atoms with E-state index in [1.165, 1.54) is 41.2 Å². The lowest BCUT2D eigenvalue weighted by Crippen LogP contribution is -2.19. The van der Waals surface area contributed by atoms with Crippen LogP contribution in [0.2, 0.25) is 0 Å². The van der Waals surface area contributed by atoms with Crippen molar-refractivity contribution < 1.29 is 14.5 Å². The Labute approximate surface area is 166 Å². The second-order valence-electron chi connectivity index (χ2n) is 6.36. The molecule has 0 bridgehead atoms. The standard InChI is InChI=1S/C20H21N3O4S/c1-4-27-9-8-22-17-10-13(2)14(3)11-18(17)28-20(22)21-19(24)15-6-5-7-16(12-15)23(25)26/h5-7,10-12H,4,8-9H2,1-3H3. The summed E-state index contributed by atoms with van der Waals surface area (Å²) in [6, 6.07) is 9.79. The predicted molar refractivity (Wildman–Crippen MR) is 109 cm³/mol. The summed E-state index contributed by atoms with van der Waals surface area (Å²) in [7, 11) is 0. The molecule has 0 spiro atoms. The van der Waals surface area contributed by atoms with Crippen molar-refractivity contribution in [3.8, 4) is 0 Å². The maximum absolute atomic E-state index is 12.7. The number of rotatable bonds is 6. The fourth-order valence-electron chi connectivity index (χ4n) is 2.83. The van der Waals surface area contributed by atoms with Crippen molar-refractivity contribution in [1.29, 1.82) is 0 Å². The molecule has 146 valence electrons. The number of thiazole rings is 1. The Morgan fingerprint density at radius 3 is 2.71 bits per heavy atom. The quantitative estimate of drug-likeness (QED) is 0.356. The number of carbonyl (C=O) groups is 1. The number of ether oxygens (including phenoxy) is 1. The summed E-state index contributed by atoms with van der Waals surface area (Å²) in [5.41, 5.74) is 3.39. The van der Waals surface area contributed by atoms with Crippen molar-refractivity contribution in [2.24, 2.45) is 4.99 Å². The van der Waals surface area contributed by atoms with Gasteiger partial charge in [0.2, 0.25) is 0 Å². The highest BCUT2D eigenvalue weighted by atomic mass is 32.1. The molecule has 28 heavy (non-hydrogen) atoms. The van der Waals surface area contributed by atoms with Crippen molar-refractivity contribution in [2.75, 3.05) is 13.2 Å². The number of non-ortho nitro benzene ring substituents is 1. The molecule has 0 N–H and O–H groups in total. The van der Waals surface area contributed by atoms with Gasteiger partial charge in [-0.05, 0) is 50.1 Å². The molecule has 0 saturated carbocycles. The van der Waals surface area contributed by atoms with Gasteiger partial charge in [-0.1, -0.05) is 17.4 Å². The molecule has 0 radical (unpaired) electrons. The number of hydrogen-bond acceptors (Lipinski definition) is 5. The molecule has 0 atom stereocenters. The first kappa shape index (κ1) is 19.9. The van der Waals surface area contributed by atoms with Gasteiger partial charge in [0.05, 0.1) is 21.7 Å². The molecule has 0 aliphatic heterocycles. The van der Waals surface area contributed by atoms with Gasteiger partial charge in [-0.25, -0.2) is 0 Å². The summed E-state index contributed by atoms with van der Waals surface area (Å²) < 4.78 is 8.48. The number of fused-ring (bicyclic) bond motifs is 1. The highest BCUT2D eigenvalue weighted by Crippen LogP contribution is 2.22. The number of aromatic nitrogens is 1. The molecule has 1 amide bonds. The molecular formula is C20H21N3O4S. The highest BCUT2D eigenvalue weighted by molar-refractivity contribution is 7.16. The Hall–Kier alpha value is -2.84. The van der Waals surface area contributed by atoms with E-state index in [0.717, 1.165) is 15.8 Å². The lowest BCUT2D eigenvalue weighted by atomic mass is 10.1. The largest absolute Gasteiger partial charge is 0.380 e. The van der Waals surface area contributed by atoms with E-state index in [1.54, 1.807) is 0 Å². The van der Waals surface area contributed by atoms with E-state index in [-0.39, 0.29) is 11.3 Å². The number of nitrogens with zero attached hydrogens (tertiary/aromatic N) is 3. The molecule has 8 heteroatoms. The topological polar surface area (TPSA) is 86.7 Å². The molecule has 7 nitrogen and oxygen atoms in total. The van der Waals surface area contributed by atoms with Gasteiger partial charge in [0.25, 0.3) is 11.6 Å². The van der Waals surface area contributed by atoms with E-state index in [1.807, 2.05) is 25.3 Å². The zero-order valence-electron chi connectivity index (χ0n) is 16.0. The van der Waals surface area contributed by atoms with Crippen LogP contribution >= 0.6 is 11.3 Å². The maximum atomic E-state index is 12.7. The van der Waals surface area contributed by atoms with Crippen LogP contribution < -0.4 is 4.80 Å². The van der Waals surface area contributed by atoms with E-state index < -0.39 is 10.8 Å². The molecule has 0 saturated heterocycles. The monoisotopic (exact) mass is 399 g/mol. The second-order valence-corrected chi connectivity index (χ2v) is 7.37. The SMILES string of the molecule is CCOCCn1c(=NC(=O)c2cccc([N+](=O)[O-])c2)sc2cc(C)c(C)cc21. The zero-order valence-corrected chi connectivity index (χ0v) is 16.8. The first-order chi connectivity index (χ1) is 13.4. The smallest absolute Gasteiger partial charge is 0.279 e. The maximum Gasteiger partial charge on any atom is 0.279 e. The van der Waals surface area contributed by atoms with Gasteiger partial charge in [-0.3, -0.25) is 14.9 Å². The third-order valence-corrected chi connectivity index (χ3v) is 5.50. The Kier molecular flexibility index (Phi) is 6.01. The normalized spacial score (nSPS) is 11.9. The van der Waals surface area contributed by atoms with Gasteiger partial charge in [-0.15, -0.1) is 0 Å². The Morgan fingerprint density at radius 1 is 1.25 bits per heavy atom. The first-order valence-electron chi connectivity index (χ1n) is 8.92. The van der Waals surface area contributed by atoms with Gasteiger partial charge in [0, 0.05) is 30.8 Å². The summed E-state index contributed by atoms with van der Waals surface area (Å²) in [6.45, 7) is 7.71. The molecule has 1 heterocycles. The van der Waals surface area contributed by atoms with E-state index in [9.17, 15) is 14.9 Å². The van der Waals surface area contributed by atoms with Crippen molar-refractivity contribution in [1.82, 2.24) is 4.57 Å². The molecule has 0 aliphatic carbocycles. The van der Waals surface area contributed by atoms with Crippen LogP contribution in [0.25, 0.3) is 10.2 Å².